The zero-order valence-electron chi connectivity index (χ0n) is 9.13. The van der Waals surface area contributed by atoms with Crippen LogP contribution in [0.4, 0.5) is 0 Å². The van der Waals surface area contributed by atoms with Gasteiger partial charge in [-0.05, 0) is 27.7 Å². The number of aliphatic hydroxyl groups is 2. The first-order chi connectivity index (χ1) is 4.88. The molecule has 2 nitrogen and oxygen atoms in total. The van der Waals surface area contributed by atoms with E-state index in [2.05, 4.69) is 0 Å². The Morgan fingerprint density at radius 2 is 0.833 bits per heavy atom. The van der Waals surface area contributed by atoms with E-state index in [0.717, 1.165) is 0 Å². The van der Waals surface area contributed by atoms with E-state index in [1.807, 2.05) is 20.3 Å². The Bertz CT molecular complexity index is 36.3. The zero-order valence-corrected chi connectivity index (χ0v) is 12.3. The van der Waals surface area contributed by atoms with Gasteiger partial charge in [0.05, 0.1) is 0 Å². The first kappa shape index (κ1) is 23.3. The van der Waals surface area contributed by atoms with E-state index in [0.29, 0.717) is 0 Å². The normalized spacial score (nSPS) is 7.50. The molecule has 0 unspecified atom stereocenters. The molecule has 2 N–H and O–H groups in total. The van der Waals surface area contributed by atoms with Crippen LogP contribution in [0.2, 0.25) is 0 Å². The molecule has 3 heteroatoms. The second-order valence-corrected chi connectivity index (χ2v) is 2.76. The van der Waals surface area contributed by atoms with Crippen molar-refractivity contribution < 1.29 is 52.0 Å². The first-order valence-electron chi connectivity index (χ1n) is 3.98. The van der Waals surface area contributed by atoms with Gasteiger partial charge in [-0.3, -0.25) is 0 Å². The summed E-state index contributed by atoms with van der Waals surface area (Å²) in [7, 11) is 0. The quantitative estimate of drug-likeness (QED) is 0.672. The molecule has 0 saturated heterocycles. The minimum Gasteiger partial charge on any atom is -0.394 e. The third-order valence-corrected chi connectivity index (χ3v) is 0. The molecule has 0 aliphatic rings. The molecule has 0 aromatic heterocycles. The van der Waals surface area contributed by atoms with Crippen LogP contribution in [0.25, 0.3) is 0 Å². The fraction of sp³-hybridized carbons (Fsp3) is 0.889. The third kappa shape index (κ3) is 712. The van der Waals surface area contributed by atoms with Crippen LogP contribution in [-0.2, 0) is 0 Å². The van der Waals surface area contributed by atoms with Gasteiger partial charge in [0.25, 0.3) is 0 Å². The second kappa shape index (κ2) is 22.8. The van der Waals surface area contributed by atoms with Crippen molar-refractivity contribution in [3.63, 3.8) is 0 Å². The van der Waals surface area contributed by atoms with Gasteiger partial charge in [0.15, 0.2) is 0 Å². The maximum Gasteiger partial charge on any atom is 0.0483 e. The molecule has 0 aliphatic heterocycles. The summed E-state index contributed by atoms with van der Waals surface area (Å²) < 4.78 is 0. The van der Waals surface area contributed by atoms with Gasteiger partial charge in [0.1, 0.15) is 0 Å². The molecule has 0 aromatic rings. The zero-order chi connectivity index (χ0) is 9.86. The van der Waals surface area contributed by atoms with Crippen LogP contribution < -0.4 is 0 Å². The van der Waals surface area contributed by atoms with Gasteiger partial charge in [-0.15, -0.1) is 0 Å². The summed E-state index contributed by atoms with van der Waals surface area (Å²) in [5.41, 5.74) is 0. The molecule has 0 atom stereocenters. The van der Waals surface area contributed by atoms with Gasteiger partial charge in [-0.2, -0.15) is 13.8 Å². The van der Waals surface area contributed by atoms with Gasteiger partial charge in [-0.1, -0.05) is 0 Å². The van der Waals surface area contributed by atoms with Crippen LogP contribution in [0.1, 0.15) is 41.5 Å². The van der Waals surface area contributed by atoms with E-state index in [1.165, 1.54) is 0 Å². The Labute approximate surface area is 111 Å². The van der Waals surface area contributed by atoms with Gasteiger partial charge in [0.2, 0.25) is 0 Å². The van der Waals surface area contributed by atoms with E-state index in [9.17, 15) is 0 Å². The molecule has 0 fully saturated rings. The second-order valence-electron chi connectivity index (χ2n) is 2.76. The summed E-state index contributed by atoms with van der Waals surface area (Å²) >= 11 is 0. The van der Waals surface area contributed by atoms with E-state index < -0.39 is 0 Å². The van der Waals surface area contributed by atoms with Gasteiger partial charge in [-0.25, -0.2) is 0 Å². The summed E-state index contributed by atoms with van der Waals surface area (Å²) in [5, 5.41) is 16.1. The topological polar surface area (TPSA) is 40.5 Å². The molecule has 0 amide bonds. The molecule has 0 radical (unpaired) electrons. The van der Waals surface area contributed by atoms with Crippen molar-refractivity contribution in [1.82, 2.24) is 0 Å². The maximum atomic E-state index is 8.06. The minimum absolute atomic E-state index is 0. The summed E-state index contributed by atoms with van der Waals surface area (Å²) in [6, 6.07) is 0. The summed E-state index contributed by atoms with van der Waals surface area (Å²) in [6.45, 7) is 10.9. The van der Waals surface area contributed by atoms with Crippen LogP contribution in [-0.4, -0.2) is 22.4 Å². The first-order valence-corrected chi connectivity index (χ1v) is 3.98. The molecule has 0 heterocycles. The van der Waals surface area contributed by atoms with Crippen molar-refractivity contribution >= 4 is 0 Å². The Morgan fingerprint density at radius 3 is 0.833 bits per heavy atom. The number of rotatable bonds is 0. The van der Waals surface area contributed by atoms with Crippen molar-refractivity contribution in [2.24, 2.45) is 0 Å². The molecule has 0 aromatic carbocycles. The Balaban J connectivity index is -0.0000000389. The molecule has 12 heavy (non-hydrogen) atoms. The van der Waals surface area contributed by atoms with Crippen molar-refractivity contribution in [1.29, 1.82) is 0 Å². The molecule has 0 rings (SSSR count). The van der Waals surface area contributed by atoms with Gasteiger partial charge in [0, 0.05) is 54.0 Å². The van der Waals surface area contributed by atoms with Gasteiger partial charge < -0.3 is 16.6 Å². The fourth-order valence-electron chi connectivity index (χ4n) is 0. The Kier molecular flexibility index (Phi) is 44.2. The van der Waals surface area contributed by atoms with Crippen LogP contribution in [0, 0.1) is 48.2 Å². The molecule has 0 saturated carbocycles. The number of hydrogen-bond acceptors (Lipinski definition) is 2. The molecular weight excluding hydrogens is 280 g/mol. The van der Waals surface area contributed by atoms with E-state index in [-0.39, 0.29) is 54.0 Å². The van der Waals surface area contributed by atoms with Gasteiger partial charge >= 0.3 is 0 Å². The Morgan fingerprint density at radius 1 is 0.833 bits per heavy atom. The monoisotopic (exact) mass is 303 g/mol. The fourth-order valence-corrected chi connectivity index (χ4v) is 0. The van der Waals surface area contributed by atoms with Crippen LogP contribution >= 0.6 is 0 Å². The van der Waals surface area contributed by atoms with E-state index in [1.54, 1.807) is 27.7 Å². The minimum atomic E-state index is -0.167. The molecule has 0 aliphatic carbocycles. The van der Waals surface area contributed by atoms with Crippen molar-refractivity contribution in [2.45, 2.75) is 53.8 Å². The molecule has 0 spiro atoms. The number of hydrogen-bond donors (Lipinski definition) is 2. The predicted octanol–water partition coefficient (Wildman–Crippen LogP) is 2.00. The van der Waals surface area contributed by atoms with Crippen LogP contribution in [0.5, 0.6) is 0 Å². The SMILES string of the molecule is CC(C)O.CC(C)O.C[CH-]C.[Ce]. The third-order valence-electron chi connectivity index (χ3n) is 0. The maximum absolute atomic E-state index is 8.06. The van der Waals surface area contributed by atoms with Crippen molar-refractivity contribution in [2.75, 3.05) is 0 Å². The molecular formula is C9H23CeO2-. The summed E-state index contributed by atoms with van der Waals surface area (Å²) in [4.78, 5) is 0. The van der Waals surface area contributed by atoms with Crippen molar-refractivity contribution in [3.05, 3.63) is 6.42 Å². The number of aliphatic hydroxyl groups excluding tert-OH is 2. The van der Waals surface area contributed by atoms with Crippen molar-refractivity contribution in [3.8, 4) is 0 Å². The van der Waals surface area contributed by atoms with E-state index in [4.69, 9.17) is 10.2 Å². The van der Waals surface area contributed by atoms with Crippen LogP contribution in [0.3, 0.4) is 0 Å². The summed E-state index contributed by atoms with van der Waals surface area (Å²) in [6.07, 6.45) is 1.67. The smallest absolute Gasteiger partial charge is 0.0483 e. The molecule has 76 valence electrons. The predicted molar refractivity (Wildman–Crippen MR) is 50.4 cm³/mol. The largest absolute Gasteiger partial charge is 0.394 e. The van der Waals surface area contributed by atoms with E-state index >= 15 is 0 Å². The Hall–Kier alpha value is 1.30. The standard InChI is InChI=1S/2C3H8O.C3H7.Ce/c2*1-3(2)4;1-3-2;/h2*3-4H,1-2H3;3H,1-2H3;/q;;-1;. The summed E-state index contributed by atoms with van der Waals surface area (Å²) in [5.74, 6) is 0. The molecule has 0 bridgehead atoms. The average molecular weight is 303 g/mol. The average Bonchev–Trinajstić information content (AvgIpc) is 1.60. The van der Waals surface area contributed by atoms with Crippen LogP contribution in [0.15, 0.2) is 0 Å².